The van der Waals surface area contributed by atoms with Gasteiger partial charge in [-0.15, -0.1) is 0 Å². The van der Waals surface area contributed by atoms with Crippen LogP contribution in [0.5, 0.6) is 0 Å². The van der Waals surface area contributed by atoms with E-state index in [1.165, 1.54) is 19.3 Å². The summed E-state index contributed by atoms with van der Waals surface area (Å²) in [5.74, 6) is -2.25. The van der Waals surface area contributed by atoms with E-state index in [1.54, 1.807) is 0 Å². The summed E-state index contributed by atoms with van der Waals surface area (Å²) in [6.07, 6.45) is 8.56. The minimum absolute atomic E-state index is 0.345. The molecule has 0 heterocycles. The second-order valence-electron chi connectivity index (χ2n) is 7.09. The SMILES string of the molecule is O=C(OCCS(=O)(=O)O)C1CCCCC1C(=O)OCC1CCCCC1. The van der Waals surface area contributed by atoms with Crippen molar-refractivity contribution in [3.63, 3.8) is 0 Å². The molecular weight excluding hydrogens is 348 g/mol. The van der Waals surface area contributed by atoms with Crippen LogP contribution in [-0.2, 0) is 29.2 Å². The normalized spacial score (nSPS) is 25.3. The van der Waals surface area contributed by atoms with Gasteiger partial charge >= 0.3 is 11.9 Å². The smallest absolute Gasteiger partial charge is 0.309 e. The van der Waals surface area contributed by atoms with Gasteiger partial charge in [0.2, 0.25) is 0 Å². The first-order chi connectivity index (χ1) is 11.9. The van der Waals surface area contributed by atoms with E-state index in [0.717, 1.165) is 25.7 Å². The van der Waals surface area contributed by atoms with E-state index in [1.807, 2.05) is 0 Å². The Morgan fingerprint density at radius 3 is 1.92 bits per heavy atom. The van der Waals surface area contributed by atoms with Gasteiger partial charge in [-0.2, -0.15) is 8.42 Å². The summed E-state index contributed by atoms with van der Waals surface area (Å²) >= 11 is 0. The van der Waals surface area contributed by atoms with Crippen LogP contribution >= 0.6 is 0 Å². The summed E-state index contributed by atoms with van der Waals surface area (Å²) in [6, 6.07) is 0. The zero-order valence-corrected chi connectivity index (χ0v) is 15.3. The van der Waals surface area contributed by atoms with Gasteiger partial charge in [0.05, 0.1) is 18.4 Å². The molecule has 7 nitrogen and oxygen atoms in total. The minimum Gasteiger partial charge on any atom is -0.465 e. The van der Waals surface area contributed by atoms with Crippen LogP contribution in [0.4, 0.5) is 0 Å². The zero-order valence-electron chi connectivity index (χ0n) is 14.5. The maximum atomic E-state index is 12.4. The molecule has 0 aromatic carbocycles. The van der Waals surface area contributed by atoms with Crippen molar-refractivity contribution in [1.29, 1.82) is 0 Å². The molecule has 0 amide bonds. The molecule has 0 spiro atoms. The van der Waals surface area contributed by atoms with Gasteiger partial charge in [0.25, 0.3) is 10.1 Å². The highest BCUT2D eigenvalue weighted by atomic mass is 32.2. The number of hydrogen-bond donors (Lipinski definition) is 1. The number of esters is 2. The molecule has 2 saturated carbocycles. The average Bonchev–Trinajstić information content (AvgIpc) is 2.59. The number of rotatable bonds is 7. The fourth-order valence-electron chi connectivity index (χ4n) is 3.71. The molecule has 0 aromatic heterocycles. The van der Waals surface area contributed by atoms with Crippen molar-refractivity contribution >= 4 is 22.1 Å². The molecule has 0 saturated heterocycles. The molecular formula is C17H28O7S. The lowest BCUT2D eigenvalue weighted by atomic mass is 9.79. The Morgan fingerprint density at radius 2 is 1.36 bits per heavy atom. The highest BCUT2D eigenvalue weighted by molar-refractivity contribution is 7.85. The Labute approximate surface area is 149 Å². The molecule has 0 radical (unpaired) electrons. The lowest BCUT2D eigenvalue weighted by Gasteiger charge is -2.29. The zero-order chi connectivity index (χ0) is 18.3. The summed E-state index contributed by atoms with van der Waals surface area (Å²) in [4.78, 5) is 24.6. The highest BCUT2D eigenvalue weighted by Crippen LogP contribution is 2.32. The van der Waals surface area contributed by atoms with E-state index in [9.17, 15) is 18.0 Å². The van der Waals surface area contributed by atoms with Crippen molar-refractivity contribution in [1.82, 2.24) is 0 Å². The van der Waals surface area contributed by atoms with Crippen molar-refractivity contribution in [2.75, 3.05) is 19.0 Å². The predicted octanol–water partition coefficient (Wildman–Crippen LogP) is 2.35. The number of carbonyl (C=O) groups excluding carboxylic acids is 2. The maximum Gasteiger partial charge on any atom is 0.309 e. The Balaban J connectivity index is 1.83. The van der Waals surface area contributed by atoms with Crippen molar-refractivity contribution in [3.05, 3.63) is 0 Å². The number of ether oxygens (including phenoxy) is 2. The van der Waals surface area contributed by atoms with Gasteiger partial charge in [0.1, 0.15) is 12.4 Å². The molecule has 2 aliphatic rings. The Kier molecular flexibility index (Phi) is 7.68. The van der Waals surface area contributed by atoms with Crippen LogP contribution in [0.2, 0.25) is 0 Å². The molecule has 25 heavy (non-hydrogen) atoms. The number of hydrogen-bond acceptors (Lipinski definition) is 6. The lowest BCUT2D eigenvalue weighted by Crippen LogP contribution is -2.36. The van der Waals surface area contributed by atoms with E-state index in [2.05, 4.69) is 0 Å². The van der Waals surface area contributed by atoms with Gasteiger partial charge in [-0.05, 0) is 31.6 Å². The number of carbonyl (C=O) groups is 2. The molecule has 8 heteroatoms. The van der Waals surface area contributed by atoms with E-state index in [0.29, 0.717) is 25.4 Å². The van der Waals surface area contributed by atoms with E-state index < -0.39 is 40.3 Å². The van der Waals surface area contributed by atoms with Gasteiger partial charge in [0, 0.05) is 0 Å². The van der Waals surface area contributed by atoms with Crippen molar-refractivity contribution in [2.45, 2.75) is 57.8 Å². The van der Waals surface area contributed by atoms with Crippen LogP contribution < -0.4 is 0 Å². The van der Waals surface area contributed by atoms with Crippen LogP contribution in [0.1, 0.15) is 57.8 Å². The van der Waals surface area contributed by atoms with Crippen molar-refractivity contribution in [3.8, 4) is 0 Å². The lowest BCUT2D eigenvalue weighted by molar-refractivity contribution is -0.163. The minimum atomic E-state index is -4.17. The van der Waals surface area contributed by atoms with Crippen LogP contribution in [-0.4, -0.2) is 43.9 Å². The monoisotopic (exact) mass is 376 g/mol. The van der Waals surface area contributed by atoms with Gasteiger partial charge in [0.15, 0.2) is 0 Å². The molecule has 0 aromatic rings. The second kappa shape index (κ2) is 9.52. The predicted molar refractivity (Wildman–Crippen MR) is 90.4 cm³/mol. The van der Waals surface area contributed by atoms with Crippen molar-refractivity contribution in [2.24, 2.45) is 17.8 Å². The second-order valence-corrected chi connectivity index (χ2v) is 8.66. The molecule has 2 atom stereocenters. The first kappa shape index (κ1) is 20.2. The summed E-state index contributed by atoms with van der Waals surface area (Å²) in [6.45, 7) is 0.0118. The molecule has 2 fully saturated rings. The van der Waals surface area contributed by atoms with E-state index in [-0.39, 0.29) is 5.97 Å². The standard InChI is InChI=1S/C17H28O7S/c18-16(23-10-11-25(20,21)22)14-8-4-5-9-15(14)17(19)24-12-13-6-2-1-3-7-13/h13-15H,1-12H2,(H,20,21,22). The largest absolute Gasteiger partial charge is 0.465 e. The molecule has 0 aliphatic heterocycles. The fraction of sp³-hybridized carbons (Fsp3) is 0.882. The first-order valence-electron chi connectivity index (χ1n) is 9.15. The van der Waals surface area contributed by atoms with Crippen LogP contribution in [0.3, 0.4) is 0 Å². The molecule has 2 unspecified atom stereocenters. The fourth-order valence-corrected chi connectivity index (χ4v) is 4.00. The van der Waals surface area contributed by atoms with Crippen LogP contribution in [0.25, 0.3) is 0 Å². The van der Waals surface area contributed by atoms with Gasteiger partial charge in [-0.3, -0.25) is 14.1 Å². The Morgan fingerprint density at radius 1 is 0.840 bits per heavy atom. The Bertz CT molecular complexity index is 551. The van der Waals surface area contributed by atoms with Crippen LogP contribution in [0.15, 0.2) is 0 Å². The molecule has 1 N–H and O–H groups in total. The van der Waals surface area contributed by atoms with Crippen molar-refractivity contribution < 1.29 is 32.0 Å². The van der Waals surface area contributed by atoms with Gasteiger partial charge < -0.3 is 9.47 Å². The third kappa shape index (κ3) is 6.93. The third-order valence-corrected chi connectivity index (χ3v) is 5.83. The Hall–Kier alpha value is -1.15. The van der Waals surface area contributed by atoms with E-state index in [4.69, 9.17) is 14.0 Å². The summed E-state index contributed by atoms with van der Waals surface area (Å²) in [5, 5.41) is 0. The third-order valence-electron chi connectivity index (χ3n) is 5.14. The highest BCUT2D eigenvalue weighted by Gasteiger charge is 2.38. The van der Waals surface area contributed by atoms with E-state index >= 15 is 0 Å². The quantitative estimate of drug-likeness (QED) is 0.537. The summed E-state index contributed by atoms with van der Waals surface area (Å²) in [7, 11) is -4.17. The molecule has 2 aliphatic carbocycles. The average molecular weight is 376 g/mol. The van der Waals surface area contributed by atoms with Gasteiger partial charge in [-0.1, -0.05) is 32.1 Å². The maximum absolute atomic E-state index is 12.4. The summed E-state index contributed by atoms with van der Waals surface area (Å²) < 4.78 is 40.5. The molecule has 144 valence electrons. The van der Waals surface area contributed by atoms with Gasteiger partial charge in [-0.25, -0.2) is 0 Å². The van der Waals surface area contributed by atoms with Crippen LogP contribution in [0, 0.1) is 17.8 Å². The molecule has 2 rings (SSSR count). The first-order valence-corrected chi connectivity index (χ1v) is 10.8. The molecule has 0 bridgehead atoms. The summed E-state index contributed by atoms with van der Waals surface area (Å²) in [5.41, 5.74) is 0. The topological polar surface area (TPSA) is 107 Å².